The van der Waals surface area contributed by atoms with Gasteiger partial charge in [-0.3, -0.25) is 10.0 Å². The van der Waals surface area contributed by atoms with E-state index in [2.05, 4.69) is 9.55 Å². The van der Waals surface area contributed by atoms with Gasteiger partial charge in [0.05, 0.1) is 5.70 Å². The number of aryl methyl sites for hydroxylation is 1. The molecule has 4 rings (SSSR count). The molecular formula is C22H23N3O3. The first-order valence-electron chi connectivity index (χ1n) is 9.40. The number of nitrogens with zero attached hydrogens (tertiary/aromatic N) is 3. The van der Waals surface area contributed by atoms with E-state index in [0.29, 0.717) is 12.3 Å². The molecule has 0 saturated heterocycles. The second-order valence-corrected chi connectivity index (χ2v) is 6.97. The summed E-state index contributed by atoms with van der Waals surface area (Å²) in [4.78, 5) is 17.0. The van der Waals surface area contributed by atoms with Crippen LogP contribution >= 0.6 is 0 Å². The van der Waals surface area contributed by atoms with Crippen LogP contribution in [0.4, 0.5) is 0 Å². The predicted molar refractivity (Wildman–Crippen MR) is 107 cm³/mol. The molecule has 0 bridgehead atoms. The fraction of sp³-hybridized carbons (Fsp3) is 0.273. The summed E-state index contributed by atoms with van der Waals surface area (Å²) in [6.45, 7) is 1.53. The van der Waals surface area contributed by atoms with Gasteiger partial charge in [0.15, 0.2) is 0 Å². The molecule has 1 aromatic carbocycles. The highest BCUT2D eigenvalue weighted by Crippen LogP contribution is 2.33. The average molecular weight is 377 g/mol. The molecule has 28 heavy (non-hydrogen) atoms. The summed E-state index contributed by atoms with van der Waals surface area (Å²) >= 11 is 0. The Morgan fingerprint density at radius 1 is 1.25 bits per heavy atom. The van der Waals surface area contributed by atoms with E-state index in [-0.39, 0.29) is 18.2 Å². The van der Waals surface area contributed by atoms with Crippen molar-refractivity contribution in [2.45, 2.75) is 25.3 Å². The van der Waals surface area contributed by atoms with E-state index < -0.39 is 0 Å². The number of ether oxygens (including phenoxy) is 1. The molecule has 1 atom stereocenters. The molecule has 0 radical (unpaired) electrons. The number of carbonyl (C=O) groups is 1. The van der Waals surface area contributed by atoms with Crippen molar-refractivity contribution in [2.75, 3.05) is 13.7 Å². The Kier molecular flexibility index (Phi) is 5.23. The lowest BCUT2D eigenvalue weighted by atomic mass is 9.90. The maximum atomic E-state index is 12.4. The molecule has 1 unspecified atom stereocenters. The Morgan fingerprint density at radius 2 is 2.07 bits per heavy atom. The summed E-state index contributed by atoms with van der Waals surface area (Å²) in [5.74, 6) is -0.384. The first-order chi connectivity index (χ1) is 13.7. The Balaban J connectivity index is 1.67. The van der Waals surface area contributed by atoms with Crippen molar-refractivity contribution in [3.63, 3.8) is 0 Å². The van der Waals surface area contributed by atoms with E-state index in [4.69, 9.17) is 4.74 Å². The van der Waals surface area contributed by atoms with Crippen LogP contribution in [0.25, 0.3) is 16.7 Å². The molecule has 0 aliphatic carbocycles. The van der Waals surface area contributed by atoms with Crippen LogP contribution in [0, 0.1) is 0 Å². The number of rotatable bonds is 6. The third-order valence-corrected chi connectivity index (χ3v) is 5.09. The number of hydrogen-bond donors (Lipinski definition) is 1. The van der Waals surface area contributed by atoms with Crippen LogP contribution in [0.3, 0.4) is 0 Å². The third kappa shape index (κ3) is 3.56. The fourth-order valence-electron chi connectivity index (χ4n) is 3.64. The summed E-state index contributed by atoms with van der Waals surface area (Å²) < 4.78 is 7.20. The number of benzene rings is 1. The highest BCUT2D eigenvalue weighted by Gasteiger charge is 2.28. The molecule has 3 aromatic rings. The van der Waals surface area contributed by atoms with E-state index in [1.165, 1.54) is 0 Å². The van der Waals surface area contributed by atoms with Crippen molar-refractivity contribution in [2.24, 2.45) is 0 Å². The molecule has 1 aliphatic rings. The Morgan fingerprint density at radius 3 is 2.86 bits per heavy atom. The van der Waals surface area contributed by atoms with Gasteiger partial charge in [-0.25, -0.2) is 4.98 Å². The molecule has 6 nitrogen and oxygen atoms in total. The number of hydroxylamine groups is 2. The van der Waals surface area contributed by atoms with Crippen LogP contribution in [-0.4, -0.2) is 39.4 Å². The molecule has 3 heterocycles. The topological polar surface area (TPSA) is 67.6 Å². The molecule has 6 heteroatoms. The second-order valence-electron chi connectivity index (χ2n) is 6.97. The number of aromatic nitrogens is 2. The summed E-state index contributed by atoms with van der Waals surface area (Å²) in [6.07, 6.45) is 6.81. The van der Waals surface area contributed by atoms with Crippen LogP contribution in [-0.2, 0) is 16.1 Å². The number of carbonyl (C=O) groups excluding carboxylic acids is 1. The van der Waals surface area contributed by atoms with Crippen molar-refractivity contribution in [1.29, 1.82) is 0 Å². The van der Waals surface area contributed by atoms with Crippen molar-refractivity contribution in [1.82, 2.24) is 14.6 Å². The minimum atomic E-state index is -0.316. The second kappa shape index (κ2) is 7.96. The van der Waals surface area contributed by atoms with Gasteiger partial charge in [-0.1, -0.05) is 30.3 Å². The van der Waals surface area contributed by atoms with Crippen molar-refractivity contribution in [3.8, 4) is 0 Å². The zero-order valence-corrected chi connectivity index (χ0v) is 15.8. The zero-order valence-electron chi connectivity index (χ0n) is 15.8. The lowest BCUT2D eigenvalue weighted by molar-refractivity contribution is -0.152. The summed E-state index contributed by atoms with van der Waals surface area (Å²) in [5.41, 5.74) is 3.14. The highest BCUT2D eigenvalue weighted by atomic mass is 16.5. The number of amides is 1. The maximum absolute atomic E-state index is 12.4. The number of allylic oxidation sites excluding steroid dienone is 1. The van der Waals surface area contributed by atoms with Gasteiger partial charge in [0.1, 0.15) is 5.65 Å². The first-order valence-corrected chi connectivity index (χ1v) is 9.40. The van der Waals surface area contributed by atoms with E-state index in [0.717, 1.165) is 40.2 Å². The van der Waals surface area contributed by atoms with Crippen LogP contribution in [0.5, 0.6) is 0 Å². The molecule has 0 saturated carbocycles. The van der Waals surface area contributed by atoms with Gasteiger partial charge in [-0.2, -0.15) is 5.06 Å². The Bertz CT molecular complexity index is 1010. The minimum Gasteiger partial charge on any atom is -0.385 e. The summed E-state index contributed by atoms with van der Waals surface area (Å²) in [6, 6.07) is 13.8. The van der Waals surface area contributed by atoms with E-state index in [1.54, 1.807) is 13.3 Å². The van der Waals surface area contributed by atoms with Crippen LogP contribution in [0.2, 0.25) is 0 Å². The van der Waals surface area contributed by atoms with E-state index in [1.807, 2.05) is 54.7 Å². The molecule has 1 N–H and O–H groups in total. The third-order valence-electron chi connectivity index (χ3n) is 5.09. The molecule has 1 aliphatic heterocycles. The van der Waals surface area contributed by atoms with Gasteiger partial charge in [0, 0.05) is 55.9 Å². The SMILES string of the molecule is COCCCn1ccc2cc(C3=CC(c4ccccc4)CC(=O)N3O)cnc21. The fourth-order valence-corrected chi connectivity index (χ4v) is 3.64. The quantitative estimate of drug-likeness (QED) is 0.524. The molecule has 0 spiro atoms. The average Bonchev–Trinajstić information content (AvgIpc) is 3.13. The van der Waals surface area contributed by atoms with Gasteiger partial charge in [-0.15, -0.1) is 0 Å². The lowest BCUT2D eigenvalue weighted by Crippen LogP contribution is -2.31. The van der Waals surface area contributed by atoms with E-state index >= 15 is 0 Å². The monoisotopic (exact) mass is 377 g/mol. The normalized spacial score (nSPS) is 17.2. The van der Waals surface area contributed by atoms with Crippen molar-refractivity contribution < 1.29 is 14.7 Å². The number of methoxy groups -OCH3 is 1. The number of pyridine rings is 1. The molecule has 1 amide bonds. The molecule has 0 fully saturated rings. The Hall–Kier alpha value is -2.96. The van der Waals surface area contributed by atoms with Gasteiger partial charge in [-0.05, 0) is 30.2 Å². The maximum Gasteiger partial charge on any atom is 0.251 e. The van der Waals surface area contributed by atoms with Gasteiger partial charge < -0.3 is 9.30 Å². The summed E-state index contributed by atoms with van der Waals surface area (Å²) in [5, 5.41) is 12.1. The highest BCUT2D eigenvalue weighted by molar-refractivity contribution is 5.90. The van der Waals surface area contributed by atoms with E-state index in [9.17, 15) is 10.0 Å². The number of fused-ring (bicyclic) bond motifs is 1. The van der Waals surface area contributed by atoms with Crippen LogP contribution < -0.4 is 0 Å². The van der Waals surface area contributed by atoms with Crippen LogP contribution in [0.1, 0.15) is 29.9 Å². The lowest BCUT2D eigenvalue weighted by Gasteiger charge is -2.27. The van der Waals surface area contributed by atoms with Gasteiger partial charge in [0.2, 0.25) is 0 Å². The largest absolute Gasteiger partial charge is 0.385 e. The van der Waals surface area contributed by atoms with Gasteiger partial charge >= 0.3 is 0 Å². The summed E-state index contributed by atoms with van der Waals surface area (Å²) in [7, 11) is 1.70. The zero-order chi connectivity index (χ0) is 19.5. The Labute approximate surface area is 163 Å². The molecule has 2 aromatic heterocycles. The van der Waals surface area contributed by atoms with Gasteiger partial charge in [0.25, 0.3) is 5.91 Å². The minimum absolute atomic E-state index is 0.0681. The number of hydrogen-bond acceptors (Lipinski definition) is 4. The van der Waals surface area contributed by atoms with Crippen LogP contribution in [0.15, 0.2) is 60.9 Å². The van der Waals surface area contributed by atoms with Crippen molar-refractivity contribution in [3.05, 3.63) is 72.1 Å². The predicted octanol–water partition coefficient (Wildman–Crippen LogP) is 3.82. The molecule has 144 valence electrons. The first kappa shape index (κ1) is 18.4. The molecular weight excluding hydrogens is 354 g/mol. The smallest absolute Gasteiger partial charge is 0.251 e. The van der Waals surface area contributed by atoms with Crippen molar-refractivity contribution >= 4 is 22.6 Å². The standard InChI is InChI=1S/C22H23N3O3/c1-28-11-5-9-24-10-8-17-12-19(15-23-22(17)24)20-13-18(14-21(26)25(20)27)16-6-3-2-4-7-16/h2-4,6-8,10,12-13,15,18,27H,5,9,11,14H2,1H3.